The lowest BCUT2D eigenvalue weighted by Gasteiger charge is -2.32. The Morgan fingerprint density at radius 3 is 2.86 bits per heavy atom. The number of carbonyl (C=O) groups is 4. The molecule has 4 rings (SSSR count). The van der Waals surface area contributed by atoms with E-state index in [1.807, 2.05) is 6.92 Å². The molecule has 0 spiro atoms. The Hall–Kier alpha value is -2.74. The molecular formula is C20H23N3O5. The molecule has 1 aromatic rings. The molecule has 2 saturated heterocycles. The third-order valence-corrected chi connectivity index (χ3v) is 5.66. The number of fused-ring (bicyclic) bond motifs is 1. The van der Waals surface area contributed by atoms with Gasteiger partial charge < -0.3 is 14.5 Å². The maximum absolute atomic E-state index is 12.9. The summed E-state index contributed by atoms with van der Waals surface area (Å²) in [5, 5.41) is 2.29. The molecule has 2 fully saturated rings. The summed E-state index contributed by atoms with van der Waals surface area (Å²) in [5.41, 5.74) is 1.71. The first kappa shape index (κ1) is 18.6. The van der Waals surface area contributed by atoms with Crippen LogP contribution in [0.3, 0.4) is 0 Å². The van der Waals surface area contributed by atoms with Gasteiger partial charge in [-0.25, -0.2) is 0 Å². The van der Waals surface area contributed by atoms with Gasteiger partial charge in [0.25, 0.3) is 11.8 Å². The highest BCUT2D eigenvalue weighted by atomic mass is 16.5. The minimum absolute atomic E-state index is 0.0387. The smallest absolute Gasteiger partial charge is 0.255 e. The molecule has 148 valence electrons. The van der Waals surface area contributed by atoms with Gasteiger partial charge in [-0.05, 0) is 30.5 Å². The summed E-state index contributed by atoms with van der Waals surface area (Å²) in [7, 11) is 0. The number of hydrogen-bond acceptors (Lipinski definition) is 5. The molecule has 0 aliphatic carbocycles. The lowest BCUT2D eigenvalue weighted by Crippen LogP contribution is -2.52. The number of nitrogens with one attached hydrogen (secondary N) is 1. The van der Waals surface area contributed by atoms with E-state index in [4.69, 9.17) is 4.74 Å². The lowest BCUT2D eigenvalue weighted by atomic mass is 10.0. The summed E-state index contributed by atoms with van der Waals surface area (Å²) < 4.78 is 5.62. The molecular weight excluding hydrogens is 362 g/mol. The summed E-state index contributed by atoms with van der Waals surface area (Å²) in [5.74, 6) is -1.13. The van der Waals surface area contributed by atoms with Crippen LogP contribution in [0.2, 0.25) is 0 Å². The maximum Gasteiger partial charge on any atom is 0.255 e. The number of piperidine rings is 1. The molecule has 0 bridgehead atoms. The number of benzene rings is 1. The standard InChI is InChI=1S/C20H23N3O5/c1-2-14-11-22(7-8-28-14)19(26)12-3-4-13-10-23(20(27)15(13)9-12)16-5-6-17(24)21-18(16)25/h3-4,9,14,16H,2,5-8,10-11H2,1H3,(H,21,24,25). The van der Waals surface area contributed by atoms with Gasteiger partial charge in [-0.15, -0.1) is 0 Å². The Bertz CT molecular complexity index is 852. The Labute approximate surface area is 162 Å². The fraction of sp³-hybridized carbons (Fsp3) is 0.500. The van der Waals surface area contributed by atoms with E-state index in [1.165, 1.54) is 4.90 Å². The Morgan fingerprint density at radius 1 is 1.29 bits per heavy atom. The molecule has 8 heteroatoms. The van der Waals surface area contributed by atoms with E-state index in [0.29, 0.717) is 43.8 Å². The highest BCUT2D eigenvalue weighted by molar-refractivity contribution is 6.06. The Balaban J connectivity index is 1.52. The van der Waals surface area contributed by atoms with Crippen LogP contribution in [0.15, 0.2) is 18.2 Å². The van der Waals surface area contributed by atoms with E-state index in [0.717, 1.165) is 12.0 Å². The van der Waals surface area contributed by atoms with Crippen molar-refractivity contribution in [3.63, 3.8) is 0 Å². The van der Waals surface area contributed by atoms with Crippen LogP contribution in [0, 0.1) is 0 Å². The Kier molecular flexibility index (Phi) is 4.89. The third kappa shape index (κ3) is 3.28. The number of rotatable bonds is 3. The third-order valence-electron chi connectivity index (χ3n) is 5.66. The molecule has 3 aliphatic rings. The van der Waals surface area contributed by atoms with Crippen LogP contribution in [0.25, 0.3) is 0 Å². The van der Waals surface area contributed by atoms with Crippen LogP contribution in [0.5, 0.6) is 0 Å². The number of carbonyl (C=O) groups excluding carboxylic acids is 4. The Morgan fingerprint density at radius 2 is 2.11 bits per heavy atom. The van der Waals surface area contributed by atoms with E-state index in [1.54, 1.807) is 23.1 Å². The quantitative estimate of drug-likeness (QED) is 0.773. The normalized spacial score (nSPS) is 25.0. The molecule has 0 aromatic heterocycles. The second-order valence-corrected chi connectivity index (χ2v) is 7.42. The molecule has 2 unspecified atom stereocenters. The lowest BCUT2D eigenvalue weighted by molar-refractivity contribution is -0.136. The highest BCUT2D eigenvalue weighted by Crippen LogP contribution is 2.28. The molecule has 3 heterocycles. The number of nitrogens with zero attached hydrogens (tertiary/aromatic N) is 2. The minimum Gasteiger partial charge on any atom is -0.375 e. The van der Waals surface area contributed by atoms with Crippen LogP contribution >= 0.6 is 0 Å². The monoisotopic (exact) mass is 385 g/mol. The van der Waals surface area contributed by atoms with E-state index in [2.05, 4.69) is 5.32 Å². The molecule has 1 N–H and O–H groups in total. The van der Waals surface area contributed by atoms with Crippen LogP contribution in [0.4, 0.5) is 0 Å². The van der Waals surface area contributed by atoms with Crippen LogP contribution in [-0.2, 0) is 20.9 Å². The average Bonchev–Trinajstić information content (AvgIpc) is 3.03. The van der Waals surface area contributed by atoms with Crippen molar-refractivity contribution in [1.29, 1.82) is 0 Å². The summed E-state index contributed by atoms with van der Waals surface area (Å²) in [4.78, 5) is 52.5. The van der Waals surface area contributed by atoms with Gasteiger partial charge in [-0.1, -0.05) is 13.0 Å². The van der Waals surface area contributed by atoms with Crippen LogP contribution < -0.4 is 5.32 Å². The first-order chi connectivity index (χ1) is 13.5. The molecule has 4 amide bonds. The molecule has 1 aromatic carbocycles. The van der Waals surface area contributed by atoms with E-state index in [-0.39, 0.29) is 30.2 Å². The maximum atomic E-state index is 12.9. The van der Waals surface area contributed by atoms with E-state index in [9.17, 15) is 19.2 Å². The van der Waals surface area contributed by atoms with Gasteiger partial charge in [-0.2, -0.15) is 0 Å². The number of hydrogen-bond donors (Lipinski definition) is 1. The fourth-order valence-electron chi connectivity index (χ4n) is 4.02. The fourth-order valence-corrected chi connectivity index (χ4v) is 4.02. The van der Waals surface area contributed by atoms with Gasteiger partial charge in [-0.3, -0.25) is 24.5 Å². The van der Waals surface area contributed by atoms with Crippen molar-refractivity contribution in [3.8, 4) is 0 Å². The van der Waals surface area contributed by atoms with E-state index >= 15 is 0 Å². The van der Waals surface area contributed by atoms with Crippen molar-refractivity contribution in [3.05, 3.63) is 34.9 Å². The molecule has 0 saturated carbocycles. The van der Waals surface area contributed by atoms with Crippen LogP contribution in [0.1, 0.15) is 52.5 Å². The average molecular weight is 385 g/mol. The van der Waals surface area contributed by atoms with Crippen molar-refractivity contribution in [2.45, 2.75) is 44.9 Å². The van der Waals surface area contributed by atoms with E-state index < -0.39 is 11.9 Å². The van der Waals surface area contributed by atoms with Crippen molar-refractivity contribution >= 4 is 23.6 Å². The number of amides is 4. The minimum atomic E-state index is -0.652. The summed E-state index contributed by atoms with van der Waals surface area (Å²) in [6.07, 6.45) is 1.42. The summed E-state index contributed by atoms with van der Waals surface area (Å²) in [6, 6.07) is 4.49. The number of morpholine rings is 1. The van der Waals surface area contributed by atoms with Crippen molar-refractivity contribution in [2.24, 2.45) is 0 Å². The number of ether oxygens (including phenoxy) is 1. The zero-order valence-corrected chi connectivity index (χ0v) is 15.8. The first-order valence-electron chi connectivity index (χ1n) is 9.66. The van der Waals surface area contributed by atoms with Gasteiger partial charge >= 0.3 is 0 Å². The predicted molar refractivity (Wildman–Crippen MR) is 98.4 cm³/mol. The van der Waals surface area contributed by atoms with Gasteiger partial charge in [0.2, 0.25) is 11.8 Å². The van der Waals surface area contributed by atoms with Gasteiger partial charge in [0, 0.05) is 37.2 Å². The zero-order chi connectivity index (χ0) is 19.8. The molecule has 3 aliphatic heterocycles. The molecule has 8 nitrogen and oxygen atoms in total. The zero-order valence-electron chi connectivity index (χ0n) is 15.8. The summed E-state index contributed by atoms with van der Waals surface area (Å²) >= 11 is 0. The van der Waals surface area contributed by atoms with Gasteiger partial charge in [0.1, 0.15) is 6.04 Å². The largest absolute Gasteiger partial charge is 0.375 e. The van der Waals surface area contributed by atoms with Crippen LogP contribution in [-0.4, -0.2) is 65.3 Å². The second kappa shape index (κ2) is 7.35. The second-order valence-electron chi connectivity index (χ2n) is 7.42. The number of imide groups is 1. The summed E-state index contributed by atoms with van der Waals surface area (Å²) in [6.45, 7) is 3.92. The molecule has 0 radical (unpaired) electrons. The molecule has 28 heavy (non-hydrogen) atoms. The highest BCUT2D eigenvalue weighted by Gasteiger charge is 2.39. The SMILES string of the molecule is CCC1CN(C(=O)c2ccc3c(c2)C(=O)N(C2CCC(=O)NC2=O)C3)CCO1. The van der Waals surface area contributed by atoms with Gasteiger partial charge in [0.05, 0.1) is 12.7 Å². The van der Waals surface area contributed by atoms with Crippen molar-refractivity contribution in [1.82, 2.24) is 15.1 Å². The van der Waals surface area contributed by atoms with Crippen molar-refractivity contribution < 1.29 is 23.9 Å². The molecule has 2 atom stereocenters. The topological polar surface area (TPSA) is 96.0 Å². The van der Waals surface area contributed by atoms with Gasteiger partial charge in [0.15, 0.2) is 0 Å². The predicted octanol–water partition coefficient (Wildman–Crippen LogP) is 0.699. The first-order valence-corrected chi connectivity index (χ1v) is 9.66. The van der Waals surface area contributed by atoms with Crippen molar-refractivity contribution in [2.75, 3.05) is 19.7 Å².